The molecule has 0 bridgehead atoms. The van der Waals surface area contributed by atoms with Crippen LogP contribution in [0.1, 0.15) is 34.6 Å². The van der Waals surface area contributed by atoms with E-state index in [4.69, 9.17) is 11.5 Å². The first-order valence-corrected chi connectivity index (χ1v) is 6.63. The second kappa shape index (κ2) is 5.40. The monoisotopic (exact) mass is 282 g/mol. The van der Waals surface area contributed by atoms with Crippen molar-refractivity contribution in [2.24, 2.45) is 5.41 Å². The van der Waals surface area contributed by atoms with Gasteiger partial charge < -0.3 is 11.5 Å². The summed E-state index contributed by atoms with van der Waals surface area (Å²) in [6, 6.07) is 13.3. The predicted molar refractivity (Wildman–Crippen MR) is 84.2 cm³/mol. The minimum absolute atomic E-state index is 0.262. The fraction of sp³-hybridized carbons (Fsp3) is 0.176. The molecule has 4 heteroatoms. The molecule has 0 atom stereocenters. The maximum atomic E-state index is 12.6. The van der Waals surface area contributed by atoms with Gasteiger partial charge in [-0.3, -0.25) is 9.59 Å². The average molecular weight is 282 g/mol. The first-order chi connectivity index (χ1) is 9.82. The third-order valence-electron chi connectivity index (χ3n) is 3.43. The van der Waals surface area contributed by atoms with Gasteiger partial charge >= 0.3 is 0 Å². The van der Waals surface area contributed by atoms with E-state index < -0.39 is 5.41 Å². The number of nitrogens with two attached hydrogens (primary N) is 2. The molecule has 108 valence electrons. The molecule has 0 unspecified atom stereocenters. The van der Waals surface area contributed by atoms with E-state index >= 15 is 0 Å². The Morgan fingerprint density at radius 1 is 0.810 bits per heavy atom. The van der Waals surface area contributed by atoms with Gasteiger partial charge in [0.15, 0.2) is 11.6 Å². The van der Waals surface area contributed by atoms with Crippen LogP contribution in [-0.2, 0) is 0 Å². The van der Waals surface area contributed by atoms with E-state index in [9.17, 15) is 9.59 Å². The first-order valence-electron chi connectivity index (χ1n) is 6.63. The molecule has 2 rings (SSSR count). The Hall–Kier alpha value is -2.62. The highest BCUT2D eigenvalue weighted by molar-refractivity contribution is 6.19. The number of benzene rings is 2. The van der Waals surface area contributed by atoms with Crippen molar-refractivity contribution in [2.45, 2.75) is 13.8 Å². The summed E-state index contributed by atoms with van der Waals surface area (Å²) < 4.78 is 0. The van der Waals surface area contributed by atoms with Crippen molar-refractivity contribution in [3.63, 3.8) is 0 Å². The second-order valence-corrected chi connectivity index (χ2v) is 5.53. The highest BCUT2D eigenvalue weighted by atomic mass is 16.2. The average Bonchev–Trinajstić information content (AvgIpc) is 2.45. The fourth-order valence-electron chi connectivity index (χ4n) is 2.18. The van der Waals surface area contributed by atoms with Crippen LogP contribution in [0.15, 0.2) is 48.5 Å². The highest BCUT2D eigenvalue weighted by Crippen LogP contribution is 2.28. The molecular weight excluding hydrogens is 264 g/mol. The molecule has 0 fully saturated rings. The van der Waals surface area contributed by atoms with Gasteiger partial charge in [-0.1, -0.05) is 24.3 Å². The molecule has 0 aliphatic carbocycles. The zero-order chi connectivity index (χ0) is 15.6. The number of anilines is 2. The Morgan fingerprint density at radius 2 is 1.19 bits per heavy atom. The molecule has 0 radical (unpaired) electrons. The lowest BCUT2D eigenvalue weighted by atomic mass is 9.78. The van der Waals surface area contributed by atoms with Gasteiger partial charge in [-0.2, -0.15) is 0 Å². The van der Waals surface area contributed by atoms with Crippen molar-refractivity contribution in [3.8, 4) is 0 Å². The SMILES string of the molecule is CC(C)(C(=O)c1cccc(N)c1)C(=O)c1cccc(N)c1. The Bertz CT molecular complexity index is 646. The zero-order valence-electron chi connectivity index (χ0n) is 12.1. The Kier molecular flexibility index (Phi) is 3.80. The molecule has 0 aliphatic rings. The molecule has 0 saturated carbocycles. The summed E-state index contributed by atoms with van der Waals surface area (Å²) in [5, 5.41) is 0. The normalized spacial score (nSPS) is 11.1. The number of ketones is 2. The smallest absolute Gasteiger partial charge is 0.176 e. The van der Waals surface area contributed by atoms with Crippen LogP contribution < -0.4 is 11.5 Å². The molecule has 2 aromatic carbocycles. The third kappa shape index (κ3) is 2.94. The maximum absolute atomic E-state index is 12.6. The van der Waals surface area contributed by atoms with E-state index in [2.05, 4.69) is 0 Å². The van der Waals surface area contributed by atoms with Gasteiger partial charge in [0.25, 0.3) is 0 Å². The number of hydrogen-bond acceptors (Lipinski definition) is 4. The van der Waals surface area contributed by atoms with E-state index in [0.29, 0.717) is 22.5 Å². The largest absolute Gasteiger partial charge is 0.399 e. The molecule has 0 heterocycles. The van der Waals surface area contributed by atoms with Crippen LogP contribution in [0, 0.1) is 5.41 Å². The Morgan fingerprint density at radius 3 is 1.52 bits per heavy atom. The molecule has 4 N–H and O–H groups in total. The lowest BCUT2D eigenvalue weighted by Gasteiger charge is -2.22. The molecule has 0 aromatic heterocycles. The van der Waals surface area contributed by atoms with Gasteiger partial charge in [0.05, 0.1) is 5.41 Å². The fourth-order valence-corrected chi connectivity index (χ4v) is 2.18. The van der Waals surface area contributed by atoms with Crippen molar-refractivity contribution >= 4 is 22.9 Å². The van der Waals surface area contributed by atoms with Crippen molar-refractivity contribution in [2.75, 3.05) is 11.5 Å². The summed E-state index contributed by atoms with van der Waals surface area (Å²) in [5.41, 5.74) is 12.1. The first kappa shape index (κ1) is 14.8. The summed E-state index contributed by atoms with van der Waals surface area (Å²) in [6.45, 7) is 3.23. The second-order valence-electron chi connectivity index (χ2n) is 5.53. The van der Waals surface area contributed by atoms with Crippen LogP contribution in [0.5, 0.6) is 0 Å². The van der Waals surface area contributed by atoms with E-state index in [0.717, 1.165) is 0 Å². The number of carbonyl (C=O) groups excluding carboxylic acids is 2. The van der Waals surface area contributed by atoms with Crippen LogP contribution in [0.2, 0.25) is 0 Å². The van der Waals surface area contributed by atoms with Gasteiger partial charge in [-0.05, 0) is 38.1 Å². The number of hydrogen-bond donors (Lipinski definition) is 2. The summed E-state index contributed by atoms with van der Waals surface area (Å²) in [6.07, 6.45) is 0. The molecule has 0 amide bonds. The van der Waals surface area contributed by atoms with E-state index in [1.807, 2.05) is 0 Å². The minimum Gasteiger partial charge on any atom is -0.399 e. The van der Waals surface area contributed by atoms with Crippen LogP contribution in [0.3, 0.4) is 0 Å². The predicted octanol–water partition coefficient (Wildman–Crippen LogP) is 2.94. The van der Waals surface area contributed by atoms with Crippen LogP contribution in [0.4, 0.5) is 11.4 Å². The standard InChI is InChI=1S/C17H18N2O2/c1-17(2,15(20)11-5-3-7-13(18)9-11)16(21)12-6-4-8-14(19)10-12/h3-10H,18-19H2,1-2H3. The molecule has 0 aliphatic heterocycles. The van der Waals surface area contributed by atoms with Crippen molar-refractivity contribution < 1.29 is 9.59 Å². The van der Waals surface area contributed by atoms with Crippen LogP contribution >= 0.6 is 0 Å². The van der Waals surface area contributed by atoms with Gasteiger partial charge in [-0.25, -0.2) is 0 Å². The number of Topliss-reactive ketones (excluding diaryl/α,β-unsaturated/α-hetero) is 2. The minimum atomic E-state index is -1.18. The van der Waals surface area contributed by atoms with Gasteiger partial charge in [0, 0.05) is 22.5 Å². The summed E-state index contributed by atoms with van der Waals surface area (Å²) >= 11 is 0. The van der Waals surface area contributed by atoms with Gasteiger partial charge in [0.2, 0.25) is 0 Å². The van der Waals surface area contributed by atoms with Crippen molar-refractivity contribution in [3.05, 3.63) is 59.7 Å². The number of nitrogen functional groups attached to an aromatic ring is 2. The molecule has 4 nitrogen and oxygen atoms in total. The van der Waals surface area contributed by atoms with Crippen molar-refractivity contribution in [1.29, 1.82) is 0 Å². The molecule has 2 aromatic rings. The lowest BCUT2D eigenvalue weighted by molar-refractivity contribution is 0.0711. The molecule has 0 saturated heterocycles. The number of carbonyl (C=O) groups is 2. The van der Waals surface area contributed by atoms with Crippen LogP contribution in [-0.4, -0.2) is 11.6 Å². The quantitative estimate of drug-likeness (QED) is 0.513. The van der Waals surface area contributed by atoms with Crippen LogP contribution in [0.25, 0.3) is 0 Å². The van der Waals surface area contributed by atoms with Gasteiger partial charge in [-0.15, -0.1) is 0 Å². The lowest BCUT2D eigenvalue weighted by Crippen LogP contribution is -2.33. The zero-order valence-corrected chi connectivity index (χ0v) is 12.1. The third-order valence-corrected chi connectivity index (χ3v) is 3.43. The molecule has 21 heavy (non-hydrogen) atoms. The summed E-state index contributed by atoms with van der Waals surface area (Å²) in [5.74, 6) is -0.524. The molecular formula is C17H18N2O2. The highest BCUT2D eigenvalue weighted by Gasteiger charge is 2.37. The van der Waals surface area contributed by atoms with Gasteiger partial charge in [0.1, 0.15) is 0 Å². The topological polar surface area (TPSA) is 86.2 Å². The maximum Gasteiger partial charge on any atom is 0.176 e. The van der Waals surface area contributed by atoms with E-state index in [1.54, 1.807) is 62.4 Å². The summed E-state index contributed by atoms with van der Waals surface area (Å²) in [7, 11) is 0. The molecule has 0 spiro atoms. The Balaban J connectivity index is 2.37. The number of rotatable bonds is 4. The van der Waals surface area contributed by atoms with Crippen molar-refractivity contribution in [1.82, 2.24) is 0 Å². The summed E-state index contributed by atoms with van der Waals surface area (Å²) in [4.78, 5) is 25.2. The Labute approximate surface area is 123 Å². The van der Waals surface area contributed by atoms with E-state index in [-0.39, 0.29) is 11.6 Å². The van der Waals surface area contributed by atoms with E-state index in [1.165, 1.54) is 0 Å².